The molecule has 0 aliphatic rings. The van der Waals surface area contributed by atoms with E-state index in [0.29, 0.717) is 5.82 Å². The van der Waals surface area contributed by atoms with Crippen molar-refractivity contribution in [3.63, 3.8) is 0 Å². The van der Waals surface area contributed by atoms with Gasteiger partial charge in [-0.1, -0.05) is 224 Å². The lowest BCUT2D eigenvalue weighted by molar-refractivity contribution is 1.18. The van der Waals surface area contributed by atoms with E-state index in [2.05, 4.69) is 237 Å². The maximum absolute atomic E-state index is 5.18. The van der Waals surface area contributed by atoms with Gasteiger partial charge in [0.05, 0.1) is 11.4 Å². The number of hydrogen-bond acceptors (Lipinski definition) is 2. The molecule has 0 saturated heterocycles. The maximum Gasteiger partial charge on any atom is 0.160 e. The molecule has 13 aromatic rings. The number of fused-ring (bicyclic) bond motifs is 6. The summed E-state index contributed by atoms with van der Waals surface area (Å²) in [5.74, 6) is 0.703. The van der Waals surface area contributed by atoms with Crippen molar-refractivity contribution in [2.45, 2.75) is 0 Å². The normalized spacial score (nSPS) is 11.5. The van der Waals surface area contributed by atoms with E-state index in [0.717, 1.165) is 39.0 Å². The minimum absolute atomic E-state index is 0.703. The lowest BCUT2D eigenvalue weighted by Gasteiger charge is -2.19. The lowest BCUT2D eigenvalue weighted by Crippen LogP contribution is -1.96. The van der Waals surface area contributed by atoms with Gasteiger partial charge in [-0.3, -0.25) is 0 Å². The van der Waals surface area contributed by atoms with Crippen molar-refractivity contribution in [2.24, 2.45) is 0 Å². The van der Waals surface area contributed by atoms with Crippen molar-refractivity contribution in [3.8, 4) is 78.4 Å². The summed E-state index contributed by atoms with van der Waals surface area (Å²) in [4.78, 5) is 10.3. The first-order valence-electron chi connectivity index (χ1n) is 23.3. The SMILES string of the molecule is c1ccc(-c2nc(-c3cccc(-c4ccc5ccccc5c4)c3)cc(-c3ccc4cc(-c5ccc(-c6c7ccccc7c(-c7ccccc7)c7ccc8ccccc8c67)cc5)ccc4c3)n2)cc1. The van der Waals surface area contributed by atoms with Gasteiger partial charge in [-0.2, -0.15) is 0 Å². The summed E-state index contributed by atoms with van der Waals surface area (Å²) in [5.41, 5.74) is 14.5. The average Bonchev–Trinajstić information content (AvgIpc) is 3.42. The summed E-state index contributed by atoms with van der Waals surface area (Å²) >= 11 is 0. The zero-order chi connectivity index (χ0) is 45.0. The lowest BCUT2D eigenvalue weighted by atomic mass is 9.84. The second kappa shape index (κ2) is 16.5. The molecule has 0 atom stereocenters. The summed E-state index contributed by atoms with van der Waals surface area (Å²) in [6, 6.07) is 92.1. The van der Waals surface area contributed by atoms with Crippen LogP contribution in [-0.4, -0.2) is 9.97 Å². The molecule has 0 radical (unpaired) electrons. The molecule has 13 rings (SSSR count). The molecule has 0 N–H and O–H groups in total. The highest BCUT2D eigenvalue weighted by atomic mass is 14.9. The molecule has 0 unspecified atom stereocenters. The maximum atomic E-state index is 5.18. The van der Waals surface area contributed by atoms with E-state index in [-0.39, 0.29) is 0 Å². The van der Waals surface area contributed by atoms with Gasteiger partial charge >= 0.3 is 0 Å². The molecule has 0 saturated carbocycles. The van der Waals surface area contributed by atoms with E-state index in [1.807, 2.05) is 18.2 Å². The van der Waals surface area contributed by atoms with Crippen molar-refractivity contribution < 1.29 is 0 Å². The van der Waals surface area contributed by atoms with Crippen LogP contribution < -0.4 is 0 Å². The van der Waals surface area contributed by atoms with Crippen molar-refractivity contribution in [3.05, 3.63) is 255 Å². The smallest absolute Gasteiger partial charge is 0.160 e. The Kier molecular flexibility index (Phi) is 9.54. The third kappa shape index (κ3) is 6.99. The number of aromatic nitrogens is 2. The fourth-order valence-electron chi connectivity index (χ4n) is 10.3. The second-order valence-electron chi connectivity index (χ2n) is 17.7. The van der Waals surface area contributed by atoms with Crippen LogP contribution in [0.3, 0.4) is 0 Å². The monoisotopic (exact) mass is 862 g/mol. The Balaban J connectivity index is 0.871. The van der Waals surface area contributed by atoms with E-state index in [1.165, 1.54) is 87.4 Å². The van der Waals surface area contributed by atoms with Crippen molar-refractivity contribution in [1.29, 1.82) is 0 Å². The molecule has 68 heavy (non-hydrogen) atoms. The van der Waals surface area contributed by atoms with Gasteiger partial charge in [-0.25, -0.2) is 9.97 Å². The topological polar surface area (TPSA) is 25.8 Å². The van der Waals surface area contributed by atoms with Gasteiger partial charge < -0.3 is 0 Å². The zero-order valence-corrected chi connectivity index (χ0v) is 37.1. The van der Waals surface area contributed by atoms with Gasteiger partial charge in [0.2, 0.25) is 0 Å². The molecule has 2 nitrogen and oxygen atoms in total. The Labute approximate surface area is 395 Å². The fourth-order valence-corrected chi connectivity index (χ4v) is 10.3. The van der Waals surface area contributed by atoms with E-state index in [4.69, 9.17) is 9.97 Å². The largest absolute Gasteiger partial charge is 0.228 e. The number of hydrogen-bond donors (Lipinski definition) is 0. The van der Waals surface area contributed by atoms with Crippen LogP contribution in [-0.2, 0) is 0 Å². The first-order chi connectivity index (χ1) is 33.7. The van der Waals surface area contributed by atoms with E-state index in [1.54, 1.807) is 0 Å². The van der Waals surface area contributed by atoms with Crippen LogP contribution in [0, 0.1) is 0 Å². The first kappa shape index (κ1) is 39.4. The van der Waals surface area contributed by atoms with Crippen LogP contribution in [0.1, 0.15) is 0 Å². The fraction of sp³-hybridized carbons (Fsp3) is 0. The summed E-state index contributed by atoms with van der Waals surface area (Å²) in [7, 11) is 0. The molecule has 0 amide bonds. The predicted molar refractivity (Wildman–Crippen MR) is 288 cm³/mol. The molecule has 2 heteroatoms. The molecule has 316 valence electrons. The minimum Gasteiger partial charge on any atom is -0.228 e. The van der Waals surface area contributed by atoms with Gasteiger partial charge in [0, 0.05) is 16.7 Å². The molecular weight excluding hydrogens is 821 g/mol. The summed E-state index contributed by atoms with van der Waals surface area (Å²) in [6.45, 7) is 0. The highest BCUT2D eigenvalue weighted by Gasteiger charge is 2.19. The molecule has 0 fully saturated rings. The van der Waals surface area contributed by atoms with E-state index >= 15 is 0 Å². The Hall–Kier alpha value is -8.98. The van der Waals surface area contributed by atoms with Crippen molar-refractivity contribution in [1.82, 2.24) is 9.97 Å². The molecule has 1 heterocycles. The van der Waals surface area contributed by atoms with Crippen LogP contribution >= 0.6 is 0 Å². The first-order valence-corrected chi connectivity index (χ1v) is 23.3. The molecule has 12 aromatic carbocycles. The quantitative estimate of drug-likeness (QED) is 0.118. The summed E-state index contributed by atoms with van der Waals surface area (Å²) in [6.07, 6.45) is 0. The number of benzene rings is 12. The Morgan fingerprint density at radius 3 is 1.35 bits per heavy atom. The van der Waals surface area contributed by atoms with E-state index in [9.17, 15) is 0 Å². The van der Waals surface area contributed by atoms with Gasteiger partial charge in [-0.15, -0.1) is 0 Å². The van der Waals surface area contributed by atoms with Gasteiger partial charge in [0.1, 0.15) is 0 Å². The number of nitrogens with zero attached hydrogens (tertiary/aromatic N) is 2. The minimum atomic E-state index is 0.703. The molecule has 1 aromatic heterocycles. The van der Waals surface area contributed by atoms with Crippen LogP contribution in [0.4, 0.5) is 0 Å². The Morgan fingerprint density at radius 2 is 0.632 bits per heavy atom. The van der Waals surface area contributed by atoms with Gasteiger partial charge in [0.25, 0.3) is 0 Å². The molecule has 0 spiro atoms. The molecule has 0 aliphatic carbocycles. The second-order valence-corrected chi connectivity index (χ2v) is 17.7. The van der Waals surface area contributed by atoms with E-state index < -0.39 is 0 Å². The van der Waals surface area contributed by atoms with Crippen molar-refractivity contribution in [2.75, 3.05) is 0 Å². The highest BCUT2D eigenvalue weighted by Crippen LogP contribution is 2.46. The van der Waals surface area contributed by atoms with Crippen LogP contribution in [0.15, 0.2) is 255 Å². The third-order valence-electron chi connectivity index (χ3n) is 13.6. The molecule has 0 bridgehead atoms. The third-order valence-corrected chi connectivity index (χ3v) is 13.6. The van der Waals surface area contributed by atoms with Gasteiger partial charge in [0.15, 0.2) is 5.82 Å². The standard InChI is InChI=1S/C66H42N2/c1-3-16-46(17-4-1)63-58-24-11-12-25-59(58)64(65-57-23-10-9-15-45(57)36-37-60(63)65)47-29-26-44(27-30-47)51-32-33-54-41-56(35-34-53(54)39-51)62-42-61(67-66(68-62)48-18-5-2-6-19-48)55-22-13-21-50(40-55)52-31-28-43-14-7-8-20-49(43)38-52/h1-42H. The predicted octanol–water partition coefficient (Wildman–Crippen LogP) is 17.9. The van der Waals surface area contributed by atoms with Crippen molar-refractivity contribution >= 4 is 53.9 Å². The Morgan fingerprint density at radius 1 is 0.206 bits per heavy atom. The summed E-state index contributed by atoms with van der Waals surface area (Å²) in [5, 5.41) is 12.4. The highest BCUT2D eigenvalue weighted by molar-refractivity contribution is 6.28. The number of rotatable bonds is 7. The van der Waals surface area contributed by atoms with Crippen LogP contribution in [0.5, 0.6) is 0 Å². The average molecular weight is 863 g/mol. The van der Waals surface area contributed by atoms with Gasteiger partial charge in [-0.05, 0) is 129 Å². The summed E-state index contributed by atoms with van der Waals surface area (Å²) < 4.78 is 0. The van der Waals surface area contributed by atoms with Crippen LogP contribution in [0.2, 0.25) is 0 Å². The molecular formula is C66H42N2. The Bertz CT molecular complexity index is 4060. The van der Waals surface area contributed by atoms with Crippen LogP contribution in [0.25, 0.3) is 132 Å². The molecule has 0 aliphatic heterocycles. The zero-order valence-electron chi connectivity index (χ0n) is 37.1.